The van der Waals surface area contributed by atoms with Crippen molar-refractivity contribution >= 4 is 10.0 Å². The normalized spacial score (nSPS) is 35.9. The number of nitrogens with zero attached hydrogens (tertiary/aromatic N) is 3. The number of fused-ring (bicyclic) bond motifs is 1. The highest BCUT2D eigenvalue weighted by atomic mass is 32.2. The summed E-state index contributed by atoms with van der Waals surface area (Å²) < 4.78 is 38.3. The van der Waals surface area contributed by atoms with Gasteiger partial charge in [0.2, 0.25) is 21.8 Å². The number of hydrogen-bond donors (Lipinski definition) is 0. The molecule has 2 atom stereocenters. The van der Waals surface area contributed by atoms with Crippen LogP contribution in [0.1, 0.15) is 43.4 Å². The predicted octanol–water partition coefficient (Wildman–Crippen LogP) is 0.639. The topological polar surface area (TPSA) is 85.5 Å². The Labute approximate surface area is 129 Å². The van der Waals surface area contributed by atoms with E-state index in [-0.39, 0.29) is 11.2 Å². The number of aromatic nitrogens is 2. The SMILES string of the molecule is O=S(=O)(C1CC1)N1C[C@@H]2COC[C@]2(c2nnc(C3CC3)o2)C1. The summed E-state index contributed by atoms with van der Waals surface area (Å²) in [6, 6.07) is 0. The van der Waals surface area contributed by atoms with Crippen LogP contribution >= 0.6 is 0 Å². The number of sulfonamides is 1. The van der Waals surface area contributed by atoms with Crippen LogP contribution < -0.4 is 0 Å². The van der Waals surface area contributed by atoms with Gasteiger partial charge in [-0.2, -0.15) is 0 Å². The molecule has 5 rings (SSSR count). The van der Waals surface area contributed by atoms with Crippen molar-refractivity contribution in [1.29, 1.82) is 0 Å². The lowest BCUT2D eigenvalue weighted by atomic mass is 9.81. The first-order valence-electron chi connectivity index (χ1n) is 8.00. The van der Waals surface area contributed by atoms with Crippen molar-refractivity contribution in [3.63, 3.8) is 0 Å². The Kier molecular flexibility index (Phi) is 2.63. The third-order valence-corrected chi connectivity index (χ3v) is 7.75. The van der Waals surface area contributed by atoms with Gasteiger partial charge in [-0.05, 0) is 25.7 Å². The van der Waals surface area contributed by atoms with Gasteiger partial charge in [0.15, 0.2) is 0 Å². The van der Waals surface area contributed by atoms with E-state index in [0.717, 1.165) is 25.7 Å². The van der Waals surface area contributed by atoms with E-state index in [1.807, 2.05) is 0 Å². The second kappa shape index (κ2) is 4.30. The highest BCUT2D eigenvalue weighted by Gasteiger charge is 2.59. The van der Waals surface area contributed by atoms with E-state index in [0.29, 0.717) is 44.0 Å². The molecule has 8 heteroatoms. The van der Waals surface area contributed by atoms with Crippen molar-refractivity contribution in [3.05, 3.63) is 11.8 Å². The molecule has 1 aromatic heterocycles. The highest BCUT2D eigenvalue weighted by molar-refractivity contribution is 7.90. The molecule has 0 aromatic carbocycles. The molecule has 3 heterocycles. The molecule has 2 aliphatic carbocycles. The van der Waals surface area contributed by atoms with E-state index in [9.17, 15) is 8.42 Å². The van der Waals surface area contributed by atoms with Gasteiger partial charge in [0.05, 0.1) is 23.9 Å². The van der Waals surface area contributed by atoms with Crippen LogP contribution in [0.4, 0.5) is 0 Å². The second-order valence-corrected chi connectivity index (χ2v) is 9.34. The zero-order chi connectivity index (χ0) is 14.9. The maximum absolute atomic E-state index is 12.5. The molecule has 1 aromatic rings. The standard InChI is InChI=1S/C14H19N3O4S/c18-22(19,11-3-4-11)17-5-10-6-20-8-14(10,7-17)13-16-15-12(21-13)9-1-2-9/h9-11H,1-8H2/t10-,14-/m1/s1. The molecule has 120 valence electrons. The Morgan fingerprint density at radius 2 is 2.00 bits per heavy atom. The first-order valence-corrected chi connectivity index (χ1v) is 9.50. The lowest BCUT2D eigenvalue weighted by Crippen LogP contribution is -2.38. The summed E-state index contributed by atoms with van der Waals surface area (Å²) in [4.78, 5) is 0. The van der Waals surface area contributed by atoms with Crippen LogP contribution in [0.2, 0.25) is 0 Å². The summed E-state index contributed by atoms with van der Waals surface area (Å²) >= 11 is 0. The molecule has 0 radical (unpaired) electrons. The summed E-state index contributed by atoms with van der Waals surface area (Å²) in [5.74, 6) is 1.81. The van der Waals surface area contributed by atoms with Gasteiger partial charge < -0.3 is 9.15 Å². The Hall–Kier alpha value is -0.990. The minimum Gasteiger partial charge on any atom is -0.424 e. The molecule has 2 aliphatic heterocycles. The monoisotopic (exact) mass is 325 g/mol. The molecule has 22 heavy (non-hydrogen) atoms. The fraction of sp³-hybridized carbons (Fsp3) is 0.857. The summed E-state index contributed by atoms with van der Waals surface area (Å²) in [5, 5.41) is 8.25. The lowest BCUT2D eigenvalue weighted by molar-refractivity contribution is 0.155. The Morgan fingerprint density at radius 3 is 2.73 bits per heavy atom. The van der Waals surface area contributed by atoms with Gasteiger partial charge in [0, 0.05) is 24.9 Å². The molecule has 0 N–H and O–H groups in total. The molecule has 0 amide bonds. The van der Waals surface area contributed by atoms with Gasteiger partial charge in [0.25, 0.3) is 0 Å². The maximum Gasteiger partial charge on any atom is 0.226 e. The Bertz CT molecular complexity index is 709. The van der Waals surface area contributed by atoms with Crippen molar-refractivity contribution in [3.8, 4) is 0 Å². The molecule has 2 saturated heterocycles. The molecule has 4 fully saturated rings. The quantitative estimate of drug-likeness (QED) is 0.807. The van der Waals surface area contributed by atoms with Gasteiger partial charge in [-0.15, -0.1) is 10.2 Å². The molecule has 0 unspecified atom stereocenters. The van der Waals surface area contributed by atoms with Crippen molar-refractivity contribution < 1.29 is 17.6 Å². The minimum atomic E-state index is -3.16. The predicted molar refractivity (Wildman–Crippen MR) is 75.8 cm³/mol. The third-order valence-electron chi connectivity index (χ3n) is 5.44. The molecular weight excluding hydrogens is 306 g/mol. The van der Waals surface area contributed by atoms with E-state index in [2.05, 4.69) is 10.2 Å². The van der Waals surface area contributed by atoms with Gasteiger partial charge in [-0.25, -0.2) is 12.7 Å². The minimum absolute atomic E-state index is 0.119. The van der Waals surface area contributed by atoms with Gasteiger partial charge in [-0.3, -0.25) is 0 Å². The summed E-state index contributed by atoms with van der Waals surface area (Å²) in [7, 11) is -3.16. The lowest BCUT2D eigenvalue weighted by Gasteiger charge is -2.22. The summed E-state index contributed by atoms with van der Waals surface area (Å²) in [6.45, 7) is 1.97. The zero-order valence-electron chi connectivity index (χ0n) is 12.3. The van der Waals surface area contributed by atoms with E-state index in [4.69, 9.17) is 9.15 Å². The fourth-order valence-corrected chi connectivity index (χ4v) is 5.65. The van der Waals surface area contributed by atoms with E-state index in [1.165, 1.54) is 0 Å². The van der Waals surface area contributed by atoms with Gasteiger partial charge in [-0.1, -0.05) is 0 Å². The van der Waals surface area contributed by atoms with Gasteiger partial charge in [0.1, 0.15) is 0 Å². The summed E-state index contributed by atoms with van der Waals surface area (Å²) in [6.07, 6.45) is 3.80. The smallest absolute Gasteiger partial charge is 0.226 e. The first-order chi connectivity index (χ1) is 10.6. The van der Waals surface area contributed by atoms with Crippen LogP contribution in [0.25, 0.3) is 0 Å². The van der Waals surface area contributed by atoms with Gasteiger partial charge >= 0.3 is 0 Å². The Morgan fingerprint density at radius 1 is 1.18 bits per heavy atom. The zero-order valence-corrected chi connectivity index (χ0v) is 13.1. The van der Waals surface area contributed by atoms with Crippen LogP contribution in [0, 0.1) is 5.92 Å². The molecular formula is C14H19N3O4S. The number of rotatable bonds is 4. The first kappa shape index (κ1) is 13.4. The average molecular weight is 325 g/mol. The van der Waals surface area contributed by atoms with Crippen molar-refractivity contribution in [2.24, 2.45) is 5.92 Å². The third kappa shape index (κ3) is 1.83. The van der Waals surface area contributed by atoms with E-state index in [1.54, 1.807) is 4.31 Å². The number of hydrogen-bond acceptors (Lipinski definition) is 6. The van der Waals surface area contributed by atoms with Crippen molar-refractivity contribution in [1.82, 2.24) is 14.5 Å². The maximum atomic E-state index is 12.5. The van der Waals surface area contributed by atoms with Crippen LogP contribution in [0.3, 0.4) is 0 Å². The van der Waals surface area contributed by atoms with Crippen LogP contribution in [-0.2, 0) is 20.2 Å². The van der Waals surface area contributed by atoms with Crippen LogP contribution in [-0.4, -0.2) is 54.5 Å². The summed E-state index contributed by atoms with van der Waals surface area (Å²) in [5.41, 5.74) is -0.442. The number of ether oxygens (including phenoxy) is 1. The Balaban J connectivity index is 1.48. The van der Waals surface area contributed by atoms with E-state index < -0.39 is 15.4 Å². The molecule has 7 nitrogen and oxygen atoms in total. The van der Waals surface area contributed by atoms with E-state index >= 15 is 0 Å². The van der Waals surface area contributed by atoms with Crippen LogP contribution in [0.5, 0.6) is 0 Å². The largest absolute Gasteiger partial charge is 0.424 e. The molecule has 2 saturated carbocycles. The average Bonchev–Trinajstić information content (AvgIpc) is 3.38. The molecule has 4 aliphatic rings. The van der Waals surface area contributed by atoms with Crippen molar-refractivity contribution in [2.45, 2.75) is 42.3 Å². The van der Waals surface area contributed by atoms with Crippen molar-refractivity contribution in [2.75, 3.05) is 26.3 Å². The van der Waals surface area contributed by atoms with Crippen LogP contribution in [0.15, 0.2) is 4.42 Å². The molecule has 0 bridgehead atoms. The second-order valence-electron chi connectivity index (χ2n) is 7.12. The fourth-order valence-electron chi connectivity index (χ4n) is 3.69. The molecule has 0 spiro atoms. The highest BCUT2D eigenvalue weighted by Crippen LogP contribution is 2.47.